The molecule has 0 saturated carbocycles. The van der Waals surface area contributed by atoms with Crippen LogP contribution in [0.5, 0.6) is 0 Å². The molecule has 6 rings (SSSR count). The number of para-hydroxylation sites is 1. The Labute approximate surface area is 199 Å². The minimum absolute atomic E-state index is 0.185. The molecule has 2 aromatic carbocycles. The fraction of sp³-hybridized carbons (Fsp3) is 0.0385. The van der Waals surface area contributed by atoms with E-state index in [9.17, 15) is 4.39 Å². The van der Waals surface area contributed by atoms with Crippen LogP contribution in [0.15, 0.2) is 102 Å². The first kappa shape index (κ1) is 20.7. The summed E-state index contributed by atoms with van der Waals surface area (Å²) in [4.78, 5) is 8.67. The summed E-state index contributed by atoms with van der Waals surface area (Å²) in [6.45, 7) is 0.731. The van der Waals surface area contributed by atoms with E-state index in [1.54, 1.807) is 42.7 Å². The highest BCUT2D eigenvalue weighted by atomic mass is 19.1. The molecule has 8 nitrogen and oxygen atoms in total. The molecule has 4 heterocycles. The van der Waals surface area contributed by atoms with Crippen molar-refractivity contribution >= 4 is 0 Å². The summed E-state index contributed by atoms with van der Waals surface area (Å²) < 4.78 is 23.7. The largest absolute Gasteiger partial charge is 0.350 e. The maximum atomic E-state index is 14.6. The van der Waals surface area contributed by atoms with E-state index < -0.39 is 5.82 Å². The summed E-state index contributed by atoms with van der Waals surface area (Å²) in [6.07, 6.45) is 7.32. The normalized spacial score (nSPS) is 11.1. The smallest absolute Gasteiger partial charge is 0.281 e. The van der Waals surface area contributed by atoms with E-state index in [4.69, 9.17) is 4.52 Å². The van der Waals surface area contributed by atoms with Gasteiger partial charge >= 0.3 is 0 Å². The van der Waals surface area contributed by atoms with E-state index in [2.05, 4.69) is 30.0 Å². The average Bonchev–Trinajstić information content (AvgIpc) is 3.66. The third kappa shape index (κ3) is 3.99. The van der Waals surface area contributed by atoms with Crippen LogP contribution in [0, 0.1) is 5.82 Å². The van der Waals surface area contributed by atoms with Crippen LogP contribution in [0.2, 0.25) is 0 Å². The Morgan fingerprint density at radius 2 is 1.69 bits per heavy atom. The van der Waals surface area contributed by atoms with Crippen LogP contribution in [0.4, 0.5) is 4.39 Å². The Morgan fingerprint density at radius 1 is 0.857 bits per heavy atom. The van der Waals surface area contributed by atoms with E-state index in [0.29, 0.717) is 17.2 Å². The highest BCUT2D eigenvalue weighted by molar-refractivity contribution is 5.76. The van der Waals surface area contributed by atoms with Crippen molar-refractivity contribution in [1.29, 1.82) is 0 Å². The summed E-state index contributed by atoms with van der Waals surface area (Å²) in [5.41, 5.74) is 3.78. The third-order valence-corrected chi connectivity index (χ3v) is 5.55. The van der Waals surface area contributed by atoms with Crippen molar-refractivity contribution in [2.24, 2.45) is 0 Å². The molecule has 0 radical (unpaired) electrons. The van der Waals surface area contributed by atoms with Gasteiger partial charge in [0.25, 0.3) is 5.89 Å². The van der Waals surface area contributed by atoms with Crippen LogP contribution in [-0.2, 0) is 6.54 Å². The monoisotopic (exact) mass is 463 g/mol. The molecule has 0 N–H and O–H groups in total. The zero-order valence-electron chi connectivity index (χ0n) is 18.4. The molecule has 6 aromatic rings. The van der Waals surface area contributed by atoms with E-state index in [-0.39, 0.29) is 11.6 Å². The maximum absolute atomic E-state index is 14.6. The number of benzene rings is 2. The Balaban J connectivity index is 1.41. The van der Waals surface area contributed by atoms with Crippen molar-refractivity contribution in [3.05, 3.63) is 109 Å². The quantitative estimate of drug-likeness (QED) is 0.344. The van der Waals surface area contributed by atoms with Gasteiger partial charge in [-0.2, -0.15) is 4.98 Å². The van der Waals surface area contributed by atoms with Crippen molar-refractivity contribution in [2.45, 2.75) is 6.54 Å². The molecular weight excluding hydrogens is 445 g/mol. The third-order valence-electron chi connectivity index (χ3n) is 5.55. The summed E-state index contributed by atoms with van der Waals surface area (Å²) >= 11 is 0. The molecule has 0 amide bonds. The standard InChI is InChI=1S/C26H18FN7O/c27-21-8-1-2-9-22(21)34-24(19-10-12-28-13-11-19)23(30-32-34)26-29-25(31-35-26)20-7-5-6-18(16-20)17-33-14-3-4-15-33/h1-16H,17H2. The molecule has 0 spiro atoms. The van der Waals surface area contributed by atoms with Gasteiger partial charge in [0.05, 0.1) is 0 Å². The zero-order valence-corrected chi connectivity index (χ0v) is 18.4. The van der Waals surface area contributed by atoms with Gasteiger partial charge in [0, 0.05) is 42.5 Å². The lowest BCUT2D eigenvalue weighted by molar-refractivity contribution is 0.431. The molecule has 9 heteroatoms. The Bertz CT molecular complexity index is 1590. The minimum Gasteiger partial charge on any atom is -0.350 e. The van der Waals surface area contributed by atoms with Crippen molar-refractivity contribution in [1.82, 2.24) is 34.7 Å². The number of hydrogen-bond donors (Lipinski definition) is 0. The first-order valence-corrected chi connectivity index (χ1v) is 10.9. The number of nitrogens with zero attached hydrogens (tertiary/aromatic N) is 7. The molecule has 35 heavy (non-hydrogen) atoms. The Hall–Kier alpha value is -4.92. The van der Waals surface area contributed by atoms with Crippen molar-refractivity contribution in [3.63, 3.8) is 0 Å². The maximum Gasteiger partial charge on any atom is 0.281 e. The molecule has 0 atom stereocenters. The van der Waals surface area contributed by atoms with Crippen LogP contribution in [0.3, 0.4) is 0 Å². The molecule has 0 saturated heterocycles. The van der Waals surface area contributed by atoms with Crippen LogP contribution < -0.4 is 0 Å². The minimum atomic E-state index is -0.426. The van der Waals surface area contributed by atoms with E-state index in [1.165, 1.54) is 10.7 Å². The van der Waals surface area contributed by atoms with Gasteiger partial charge in [-0.15, -0.1) is 5.10 Å². The summed E-state index contributed by atoms with van der Waals surface area (Å²) in [7, 11) is 0. The van der Waals surface area contributed by atoms with Gasteiger partial charge in [-0.25, -0.2) is 9.07 Å². The molecule has 0 aliphatic rings. The second-order valence-electron chi connectivity index (χ2n) is 7.86. The van der Waals surface area contributed by atoms with Gasteiger partial charge in [-0.1, -0.05) is 40.7 Å². The van der Waals surface area contributed by atoms with E-state index in [1.807, 2.05) is 48.8 Å². The van der Waals surface area contributed by atoms with E-state index in [0.717, 1.165) is 23.2 Å². The van der Waals surface area contributed by atoms with E-state index >= 15 is 0 Å². The Morgan fingerprint density at radius 3 is 2.51 bits per heavy atom. The van der Waals surface area contributed by atoms with Gasteiger partial charge in [-0.3, -0.25) is 4.98 Å². The lowest BCUT2D eigenvalue weighted by atomic mass is 10.1. The molecular formula is C26H18FN7O. The number of hydrogen-bond acceptors (Lipinski definition) is 6. The summed E-state index contributed by atoms with van der Waals surface area (Å²) in [6, 6.07) is 21.9. The zero-order chi connectivity index (χ0) is 23.6. The van der Waals surface area contributed by atoms with Crippen molar-refractivity contribution < 1.29 is 8.91 Å². The highest BCUT2D eigenvalue weighted by Crippen LogP contribution is 2.32. The van der Waals surface area contributed by atoms with Gasteiger partial charge in [0.15, 0.2) is 5.69 Å². The molecule has 0 unspecified atom stereocenters. The molecule has 0 fully saturated rings. The SMILES string of the molecule is Fc1ccccc1-n1nnc(-c2nc(-c3cccc(Cn4cccc4)c3)no2)c1-c1ccncc1. The van der Waals surface area contributed by atoms with Crippen LogP contribution in [-0.4, -0.2) is 34.7 Å². The lowest BCUT2D eigenvalue weighted by Crippen LogP contribution is -2.02. The average molecular weight is 463 g/mol. The summed E-state index contributed by atoms with van der Waals surface area (Å²) in [5, 5.41) is 12.7. The van der Waals surface area contributed by atoms with Crippen molar-refractivity contribution in [2.75, 3.05) is 0 Å². The first-order chi connectivity index (χ1) is 17.3. The van der Waals surface area contributed by atoms with Crippen molar-refractivity contribution in [3.8, 4) is 39.9 Å². The first-order valence-electron chi connectivity index (χ1n) is 10.9. The van der Waals surface area contributed by atoms with Crippen LogP contribution in [0.25, 0.3) is 39.9 Å². The van der Waals surface area contributed by atoms with Gasteiger partial charge in [0.2, 0.25) is 5.82 Å². The second kappa shape index (κ2) is 8.79. The molecule has 0 aliphatic heterocycles. The number of halogens is 1. The van der Waals surface area contributed by atoms with Gasteiger partial charge in [-0.05, 0) is 48.0 Å². The molecule has 4 aromatic heterocycles. The predicted molar refractivity (Wildman–Crippen MR) is 127 cm³/mol. The van der Waals surface area contributed by atoms with Crippen LogP contribution in [0.1, 0.15) is 5.56 Å². The fourth-order valence-corrected chi connectivity index (χ4v) is 3.92. The molecule has 170 valence electrons. The summed E-state index contributed by atoms with van der Waals surface area (Å²) in [5.74, 6) is 0.186. The topological polar surface area (TPSA) is 87.5 Å². The van der Waals surface area contributed by atoms with Gasteiger partial charge in [0.1, 0.15) is 17.2 Å². The lowest BCUT2D eigenvalue weighted by Gasteiger charge is -2.08. The highest BCUT2D eigenvalue weighted by Gasteiger charge is 2.24. The number of pyridine rings is 1. The number of aromatic nitrogens is 7. The fourth-order valence-electron chi connectivity index (χ4n) is 3.92. The molecule has 0 aliphatic carbocycles. The van der Waals surface area contributed by atoms with Gasteiger partial charge < -0.3 is 9.09 Å². The molecule has 0 bridgehead atoms. The second-order valence-corrected chi connectivity index (χ2v) is 7.86. The predicted octanol–water partition coefficient (Wildman–Crippen LogP) is 5.04. The Kier molecular flexibility index (Phi) is 5.19. The number of rotatable bonds is 6. The van der Waals surface area contributed by atoms with Crippen LogP contribution >= 0.6 is 0 Å².